The van der Waals surface area contributed by atoms with Gasteiger partial charge in [0.05, 0.1) is 5.02 Å². The number of hydrogen-bond donors (Lipinski definition) is 1. The quantitative estimate of drug-likeness (QED) is 0.603. The Balaban J connectivity index is 2.26. The van der Waals surface area contributed by atoms with Crippen LogP contribution in [0.3, 0.4) is 0 Å². The van der Waals surface area contributed by atoms with Crippen LogP contribution in [0.15, 0.2) is 29.2 Å². The fraction of sp³-hybridized carbons (Fsp3) is 0.500. The first kappa shape index (κ1) is 13.8. The molecule has 0 aliphatic carbocycles. The Morgan fingerprint density at radius 2 is 2.19 bits per heavy atom. The average molecular weight is 260 g/mol. The summed E-state index contributed by atoms with van der Waals surface area (Å²) in [6, 6.07) is 8.06. The topological polar surface area (TPSA) is 35.2 Å². The third-order valence-electron chi connectivity index (χ3n) is 2.21. The molecule has 0 aliphatic rings. The number of halogens is 1. The van der Waals surface area contributed by atoms with E-state index < -0.39 is 0 Å². The molecule has 0 fully saturated rings. The lowest BCUT2D eigenvalue weighted by molar-refractivity contribution is 0.191. The van der Waals surface area contributed by atoms with Gasteiger partial charge in [-0.15, -0.1) is 11.8 Å². The van der Waals surface area contributed by atoms with Crippen LogP contribution in [0.5, 0.6) is 0 Å². The molecule has 0 heterocycles. The van der Waals surface area contributed by atoms with E-state index >= 15 is 0 Å². The summed E-state index contributed by atoms with van der Waals surface area (Å²) in [6.45, 7) is 0.782. The van der Waals surface area contributed by atoms with Crippen molar-refractivity contribution in [2.24, 2.45) is 5.73 Å². The maximum atomic E-state index is 6.05. The van der Waals surface area contributed by atoms with Crippen molar-refractivity contribution in [3.8, 4) is 0 Å². The molecule has 1 aromatic carbocycles. The third kappa shape index (κ3) is 5.21. The van der Waals surface area contributed by atoms with Crippen molar-refractivity contribution in [2.75, 3.05) is 19.5 Å². The predicted molar refractivity (Wildman–Crippen MR) is 71.3 cm³/mol. The zero-order valence-electron chi connectivity index (χ0n) is 9.49. The van der Waals surface area contributed by atoms with E-state index in [1.165, 1.54) is 0 Å². The van der Waals surface area contributed by atoms with E-state index in [-0.39, 0.29) is 6.04 Å². The molecule has 0 saturated heterocycles. The first-order chi connectivity index (χ1) is 7.74. The van der Waals surface area contributed by atoms with Crippen LogP contribution in [-0.4, -0.2) is 25.5 Å². The normalized spacial score (nSPS) is 12.7. The monoisotopic (exact) mass is 259 g/mol. The first-order valence-corrected chi connectivity index (χ1v) is 6.72. The Morgan fingerprint density at radius 1 is 1.44 bits per heavy atom. The standard InChI is InChI=1S/C12H18ClNOS/c1-15-8-4-5-10(14)9-16-12-7-3-2-6-11(12)13/h2-3,6-7,10H,4-5,8-9,14H2,1H3. The van der Waals surface area contributed by atoms with Crippen molar-refractivity contribution in [1.82, 2.24) is 0 Å². The van der Waals surface area contributed by atoms with E-state index in [9.17, 15) is 0 Å². The van der Waals surface area contributed by atoms with Crippen molar-refractivity contribution >= 4 is 23.4 Å². The minimum Gasteiger partial charge on any atom is -0.385 e. The molecule has 1 rings (SSSR count). The second-order valence-corrected chi connectivity index (χ2v) is 5.11. The maximum absolute atomic E-state index is 6.05. The Morgan fingerprint density at radius 3 is 2.88 bits per heavy atom. The molecule has 0 spiro atoms. The van der Waals surface area contributed by atoms with Gasteiger partial charge < -0.3 is 10.5 Å². The molecular formula is C12H18ClNOS. The highest BCUT2D eigenvalue weighted by molar-refractivity contribution is 7.99. The summed E-state index contributed by atoms with van der Waals surface area (Å²) in [6.07, 6.45) is 2.01. The predicted octanol–water partition coefficient (Wildman–Crippen LogP) is 3.19. The van der Waals surface area contributed by atoms with Crippen LogP contribution in [0.4, 0.5) is 0 Å². The largest absolute Gasteiger partial charge is 0.385 e. The van der Waals surface area contributed by atoms with E-state index in [1.54, 1.807) is 18.9 Å². The van der Waals surface area contributed by atoms with Gasteiger partial charge in [0.25, 0.3) is 0 Å². The van der Waals surface area contributed by atoms with Crippen LogP contribution in [0.2, 0.25) is 5.02 Å². The molecular weight excluding hydrogens is 242 g/mol. The number of benzene rings is 1. The molecule has 1 unspecified atom stereocenters. The molecule has 0 aliphatic heterocycles. The van der Waals surface area contributed by atoms with E-state index in [0.717, 1.165) is 35.1 Å². The summed E-state index contributed by atoms with van der Waals surface area (Å²) in [7, 11) is 1.71. The number of methoxy groups -OCH3 is 1. The Kier molecular flexibility index (Phi) is 6.88. The molecule has 4 heteroatoms. The van der Waals surface area contributed by atoms with Gasteiger partial charge >= 0.3 is 0 Å². The summed E-state index contributed by atoms with van der Waals surface area (Å²) in [5.74, 6) is 0.896. The molecule has 2 nitrogen and oxygen atoms in total. The number of thioether (sulfide) groups is 1. The fourth-order valence-electron chi connectivity index (χ4n) is 1.33. The zero-order chi connectivity index (χ0) is 11.8. The van der Waals surface area contributed by atoms with Crippen molar-refractivity contribution in [2.45, 2.75) is 23.8 Å². The van der Waals surface area contributed by atoms with Crippen LogP contribution in [0.1, 0.15) is 12.8 Å². The fourth-order valence-corrected chi connectivity index (χ4v) is 2.57. The van der Waals surface area contributed by atoms with Crippen LogP contribution in [-0.2, 0) is 4.74 Å². The van der Waals surface area contributed by atoms with Crippen molar-refractivity contribution in [3.63, 3.8) is 0 Å². The highest BCUT2D eigenvalue weighted by Crippen LogP contribution is 2.27. The molecule has 16 heavy (non-hydrogen) atoms. The Hall–Kier alpha value is -0.220. The Bertz CT molecular complexity index is 309. The van der Waals surface area contributed by atoms with Gasteiger partial charge in [0.1, 0.15) is 0 Å². The lowest BCUT2D eigenvalue weighted by atomic mass is 10.2. The van der Waals surface area contributed by atoms with Crippen LogP contribution in [0.25, 0.3) is 0 Å². The number of ether oxygens (including phenoxy) is 1. The number of rotatable bonds is 7. The molecule has 1 atom stereocenters. The molecule has 2 N–H and O–H groups in total. The number of nitrogens with two attached hydrogens (primary N) is 1. The van der Waals surface area contributed by atoms with E-state index in [2.05, 4.69) is 0 Å². The molecule has 0 radical (unpaired) electrons. The van der Waals surface area contributed by atoms with Crippen molar-refractivity contribution in [3.05, 3.63) is 29.3 Å². The van der Waals surface area contributed by atoms with Gasteiger partial charge in [0.2, 0.25) is 0 Å². The summed E-state index contributed by atoms with van der Waals surface area (Å²) >= 11 is 7.77. The summed E-state index contributed by atoms with van der Waals surface area (Å²) in [5.41, 5.74) is 5.99. The van der Waals surface area contributed by atoms with Gasteiger partial charge in [0, 0.05) is 30.4 Å². The SMILES string of the molecule is COCCCC(N)CSc1ccccc1Cl. The molecule has 90 valence electrons. The molecule has 0 bridgehead atoms. The van der Waals surface area contributed by atoms with Gasteiger partial charge in [-0.1, -0.05) is 23.7 Å². The number of hydrogen-bond acceptors (Lipinski definition) is 3. The van der Waals surface area contributed by atoms with E-state index in [4.69, 9.17) is 22.1 Å². The highest BCUT2D eigenvalue weighted by atomic mass is 35.5. The van der Waals surface area contributed by atoms with Crippen LogP contribution >= 0.6 is 23.4 Å². The van der Waals surface area contributed by atoms with Gasteiger partial charge in [-0.25, -0.2) is 0 Å². The lowest BCUT2D eigenvalue weighted by Crippen LogP contribution is -2.23. The average Bonchev–Trinajstić information content (AvgIpc) is 2.28. The van der Waals surface area contributed by atoms with Gasteiger partial charge in [-0.2, -0.15) is 0 Å². The maximum Gasteiger partial charge on any atom is 0.0541 e. The second kappa shape index (κ2) is 7.96. The summed E-state index contributed by atoms with van der Waals surface area (Å²) in [4.78, 5) is 1.10. The molecule has 1 aromatic rings. The van der Waals surface area contributed by atoms with Crippen LogP contribution < -0.4 is 5.73 Å². The first-order valence-electron chi connectivity index (χ1n) is 5.36. The van der Waals surface area contributed by atoms with Gasteiger partial charge in [-0.05, 0) is 25.0 Å². The third-order valence-corrected chi connectivity index (χ3v) is 3.92. The minimum absolute atomic E-state index is 0.205. The molecule has 0 saturated carbocycles. The minimum atomic E-state index is 0.205. The second-order valence-electron chi connectivity index (χ2n) is 3.64. The van der Waals surface area contributed by atoms with Crippen LogP contribution in [0, 0.1) is 0 Å². The molecule has 0 aromatic heterocycles. The van der Waals surface area contributed by atoms with E-state index in [1.807, 2.05) is 24.3 Å². The lowest BCUT2D eigenvalue weighted by Gasteiger charge is -2.11. The highest BCUT2D eigenvalue weighted by Gasteiger charge is 2.05. The summed E-state index contributed by atoms with van der Waals surface area (Å²) in [5, 5.41) is 0.802. The summed E-state index contributed by atoms with van der Waals surface area (Å²) < 4.78 is 4.99. The van der Waals surface area contributed by atoms with E-state index in [0.29, 0.717) is 0 Å². The van der Waals surface area contributed by atoms with Gasteiger partial charge in [0.15, 0.2) is 0 Å². The zero-order valence-corrected chi connectivity index (χ0v) is 11.1. The molecule has 0 amide bonds. The smallest absolute Gasteiger partial charge is 0.0541 e. The van der Waals surface area contributed by atoms with Gasteiger partial charge in [-0.3, -0.25) is 0 Å². The van der Waals surface area contributed by atoms with Crippen molar-refractivity contribution < 1.29 is 4.74 Å². The Labute approximate surface area is 107 Å². The van der Waals surface area contributed by atoms with Crippen molar-refractivity contribution in [1.29, 1.82) is 0 Å².